The Labute approximate surface area is 173 Å². The largest absolute Gasteiger partial charge is 0.343 e. The van der Waals surface area contributed by atoms with Gasteiger partial charge in [-0.25, -0.2) is 14.6 Å². The summed E-state index contributed by atoms with van der Waals surface area (Å²) in [6.07, 6.45) is 1.86. The molecule has 0 aliphatic carbocycles. The molecule has 2 aromatic heterocycles. The Kier molecular flexibility index (Phi) is 6.58. The number of aromatic amines is 1. The van der Waals surface area contributed by atoms with Crippen LogP contribution in [0.1, 0.15) is 36.7 Å². The quantitative estimate of drug-likeness (QED) is 0.552. The molecule has 1 amide bonds. The second kappa shape index (κ2) is 9.13. The maximum atomic E-state index is 12.5. The molecule has 0 aliphatic rings. The molecule has 0 radical (unpaired) electrons. The number of nitrogens with one attached hydrogen (secondary N) is 2. The van der Waals surface area contributed by atoms with Gasteiger partial charge in [0.2, 0.25) is 5.91 Å². The lowest BCUT2D eigenvalue weighted by Crippen LogP contribution is -2.19. The number of carbonyl (C=O) groups is 1. The molecule has 0 bridgehead atoms. The van der Waals surface area contributed by atoms with Crippen LogP contribution in [0.15, 0.2) is 34.2 Å². The Morgan fingerprint density at radius 1 is 1.21 bits per heavy atom. The number of rotatable bonds is 8. The molecular weight excluding hydrogens is 388 g/mol. The van der Waals surface area contributed by atoms with Crippen LogP contribution in [0.2, 0.25) is 0 Å². The Hall–Kier alpha value is -2.81. The van der Waals surface area contributed by atoms with Gasteiger partial charge in [0.25, 0.3) is 0 Å². The Morgan fingerprint density at radius 3 is 2.62 bits per heavy atom. The highest BCUT2D eigenvalue weighted by Crippen LogP contribution is 2.24. The summed E-state index contributed by atoms with van der Waals surface area (Å²) in [6, 6.07) is 8.07. The van der Waals surface area contributed by atoms with Crippen molar-refractivity contribution in [3.63, 3.8) is 0 Å². The molecular formula is C20H26N6O2S. The number of amides is 1. The highest BCUT2D eigenvalue weighted by molar-refractivity contribution is 7.99. The molecule has 154 valence electrons. The molecule has 0 unspecified atom stereocenters. The number of benzene rings is 1. The predicted octanol–water partition coefficient (Wildman–Crippen LogP) is 3.21. The molecule has 9 heteroatoms. The average molecular weight is 415 g/mol. The highest BCUT2D eigenvalue weighted by Gasteiger charge is 2.17. The zero-order valence-corrected chi connectivity index (χ0v) is 18.0. The van der Waals surface area contributed by atoms with Crippen molar-refractivity contribution in [2.24, 2.45) is 0 Å². The van der Waals surface area contributed by atoms with Crippen LogP contribution in [0.5, 0.6) is 0 Å². The Morgan fingerprint density at radius 2 is 1.93 bits per heavy atom. The van der Waals surface area contributed by atoms with E-state index in [0.717, 1.165) is 29.9 Å². The number of anilines is 1. The van der Waals surface area contributed by atoms with Gasteiger partial charge in [0.05, 0.1) is 28.5 Å². The molecule has 0 spiro atoms. The summed E-state index contributed by atoms with van der Waals surface area (Å²) in [5.41, 5.74) is 4.21. The van der Waals surface area contributed by atoms with Crippen molar-refractivity contribution in [2.75, 3.05) is 11.1 Å². The van der Waals surface area contributed by atoms with Gasteiger partial charge in [0, 0.05) is 6.54 Å². The Bertz CT molecular complexity index is 1050. The van der Waals surface area contributed by atoms with Gasteiger partial charge in [-0.15, -0.1) is 5.10 Å². The lowest BCUT2D eigenvalue weighted by Gasteiger charge is -2.08. The molecule has 2 heterocycles. The van der Waals surface area contributed by atoms with Crippen molar-refractivity contribution in [1.82, 2.24) is 24.5 Å². The van der Waals surface area contributed by atoms with Crippen molar-refractivity contribution in [3.05, 3.63) is 51.7 Å². The van der Waals surface area contributed by atoms with Gasteiger partial charge in [-0.2, -0.15) is 5.10 Å². The van der Waals surface area contributed by atoms with E-state index < -0.39 is 0 Å². The first-order valence-electron chi connectivity index (χ1n) is 9.61. The molecule has 0 fully saturated rings. The second-order valence-corrected chi connectivity index (χ2v) is 7.89. The van der Waals surface area contributed by atoms with E-state index in [0.29, 0.717) is 17.4 Å². The van der Waals surface area contributed by atoms with Gasteiger partial charge in [0.15, 0.2) is 5.16 Å². The SMILES string of the molecule is CCCCn1c(SCC(=O)Nc2c(C)nn(-c3ccc(C)cc3)c2C)n[nH]c1=O. The molecule has 3 aromatic rings. The fourth-order valence-electron chi connectivity index (χ4n) is 2.99. The van der Waals surface area contributed by atoms with Gasteiger partial charge >= 0.3 is 5.69 Å². The predicted molar refractivity (Wildman–Crippen MR) is 115 cm³/mol. The van der Waals surface area contributed by atoms with Crippen molar-refractivity contribution in [3.8, 4) is 5.69 Å². The van der Waals surface area contributed by atoms with E-state index >= 15 is 0 Å². The number of aromatic nitrogens is 5. The molecule has 2 N–H and O–H groups in total. The van der Waals surface area contributed by atoms with Crippen molar-refractivity contribution >= 4 is 23.4 Å². The van der Waals surface area contributed by atoms with Crippen LogP contribution in [0.4, 0.5) is 5.69 Å². The summed E-state index contributed by atoms with van der Waals surface area (Å²) < 4.78 is 3.40. The molecule has 0 aliphatic heterocycles. The number of H-pyrrole nitrogens is 1. The zero-order chi connectivity index (χ0) is 21.0. The van der Waals surface area contributed by atoms with Gasteiger partial charge in [-0.05, 0) is 39.3 Å². The summed E-state index contributed by atoms with van der Waals surface area (Å²) in [6.45, 7) is 8.49. The number of carbonyl (C=O) groups excluding carboxylic acids is 1. The van der Waals surface area contributed by atoms with Crippen LogP contribution in [0, 0.1) is 20.8 Å². The third kappa shape index (κ3) is 4.79. The summed E-state index contributed by atoms with van der Waals surface area (Å²) in [7, 11) is 0. The molecule has 8 nitrogen and oxygen atoms in total. The van der Waals surface area contributed by atoms with Crippen LogP contribution < -0.4 is 11.0 Å². The molecule has 0 saturated heterocycles. The topological polar surface area (TPSA) is 97.6 Å². The minimum Gasteiger partial charge on any atom is -0.322 e. The maximum absolute atomic E-state index is 12.5. The Balaban J connectivity index is 1.69. The normalized spacial score (nSPS) is 11.0. The standard InChI is InChI=1S/C20H26N6O2S/c1-5-6-11-25-19(28)22-23-20(25)29-12-17(27)21-18-14(3)24-26(15(18)4)16-9-7-13(2)8-10-16/h7-10H,5-6,11-12H2,1-4H3,(H,21,27)(H,22,28). The van der Waals surface area contributed by atoms with E-state index in [4.69, 9.17) is 0 Å². The molecule has 3 rings (SSSR count). The van der Waals surface area contributed by atoms with E-state index in [9.17, 15) is 9.59 Å². The van der Waals surface area contributed by atoms with Crippen LogP contribution in [0.3, 0.4) is 0 Å². The fourth-order valence-corrected chi connectivity index (χ4v) is 3.77. The lowest BCUT2D eigenvalue weighted by molar-refractivity contribution is -0.113. The van der Waals surface area contributed by atoms with E-state index in [-0.39, 0.29) is 17.3 Å². The number of unbranched alkanes of at least 4 members (excludes halogenated alkanes) is 1. The summed E-state index contributed by atoms with van der Waals surface area (Å²) >= 11 is 1.24. The molecule has 1 aromatic carbocycles. The first-order valence-corrected chi connectivity index (χ1v) is 10.6. The van der Waals surface area contributed by atoms with Crippen molar-refractivity contribution in [1.29, 1.82) is 0 Å². The fraction of sp³-hybridized carbons (Fsp3) is 0.400. The number of nitrogens with zero attached hydrogens (tertiary/aromatic N) is 4. The van der Waals surface area contributed by atoms with Gasteiger partial charge in [0.1, 0.15) is 0 Å². The highest BCUT2D eigenvalue weighted by atomic mass is 32.2. The van der Waals surface area contributed by atoms with Crippen molar-refractivity contribution < 1.29 is 4.79 Å². The van der Waals surface area contributed by atoms with E-state index in [1.165, 1.54) is 17.3 Å². The van der Waals surface area contributed by atoms with Crippen LogP contribution in [-0.2, 0) is 11.3 Å². The number of hydrogen-bond acceptors (Lipinski definition) is 5. The van der Waals surface area contributed by atoms with Crippen LogP contribution >= 0.6 is 11.8 Å². The van der Waals surface area contributed by atoms with E-state index in [1.54, 1.807) is 4.57 Å². The molecule has 29 heavy (non-hydrogen) atoms. The van der Waals surface area contributed by atoms with E-state index in [1.807, 2.05) is 49.7 Å². The third-order valence-electron chi connectivity index (χ3n) is 4.63. The van der Waals surface area contributed by atoms with Crippen molar-refractivity contribution in [2.45, 2.75) is 52.2 Å². The minimum atomic E-state index is -0.243. The first kappa shape index (κ1) is 20.9. The summed E-state index contributed by atoms with van der Waals surface area (Å²) in [4.78, 5) is 24.4. The monoisotopic (exact) mass is 414 g/mol. The smallest absolute Gasteiger partial charge is 0.322 e. The minimum absolute atomic E-state index is 0.158. The second-order valence-electron chi connectivity index (χ2n) is 6.95. The lowest BCUT2D eigenvalue weighted by atomic mass is 10.2. The number of hydrogen-bond donors (Lipinski definition) is 2. The number of aryl methyl sites for hydroxylation is 2. The molecule has 0 saturated carbocycles. The van der Waals surface area contributed by atoms with E-state index in [2.05, 4.69) is 27.5 Å². The average Bonchev–Trinajstić information content (AvgIpc) is 3.19. The third-order valence-corrected chi connectivity index (χ3v) is 5.60. The van der Waals surface area contributed by atoms with Gasteiger partial charge < -0.3 is 5.32 Å². The number of thioether (sulfide) groups is 1. The van der Waals surface area contributed by atoms with Gasteiger partial charge in [-0.1, -0.05) is 42.8 Å². The zero-order valence-electron chi connectivity index (χ0n) is 17.2. The van der Waals surface area contributed by atoms with Crippen LogP contribution in [-0.4, -0.2) is 36.2 Å². The van der Waals surface area contributed by atoms with Crippen LogP contribution in [0.25, 0.3) is 5.69 Å². The van der Waals surface area contributed by atoms with Gasteiger partial charge in [-0.3, -0.25) is 9.36 Å². The molecule has 0 atom stereocenters. The maximum Gasteiger partial charge on any atom is 0.343 e. The summed E-state index contributed by atoms with van der Waals surface area (Å²) in [5.74, 6) is -0.00693. The first-order chi connectivity index (χ1) is 13.9. The summed E-state index contributed by atoms with van der Waals surface area (Å²) in [5, 5.41) is 14.5.